The van der Waals surface area contributed by atoms with Gasteiger partial charge in [-0.25, -0.2) is 9.97 Å². The van der Waals surface area contributed by atoms with Gasteiger partial charge >= 0.3 is 5.97 Å². The molecule has 2 unspecified atom stereocenters. The van der Waals surface area contributed by atoms with Gasteiger partial charge in [0.2, 0.25) is 0 Å². The van der Waals surface area contributed by atoms with Gasteiger partial charge in [0.25, 0.3) is 0 Å². The summed E-state index contributed by atoms with van der Waals surface area (Å²) in [6.45, 7) is 5.93. The van der Waals surface area contributed by atoms with Crippen molar-refractivity contribution in [1.82, 2.24) is 14.5 Å². The second kappa shape index (κ2) is 5.77. The zero-order valence-electron chi connectivity index (χ0n) is 15.1. The van der Waals surface area contributed by atoms with Crippen LogP contribution in [0.4, 0.5) is 0 Å². The van der Waals surface area contributed by atoms with Crippen molar-refractivity contribution in [2.45, 2.75) is 51.2 Å². The number of nitrogens with zero attached hydrogens (tertiary/aromatic N) is 3. The number of pyridine rings is 1. The number of aromatic nitrogens is 3. The molecule has 0 spiro atoms. The topological polar surface area (TPSA) is 75.5 Å². The highest BCUT2D eigenvalue weighted by molar-refractivity contribution is 14.1. The summed E-state index contributed by atoms with van der Waals surface area (Å²) in [7, 11) is 0. The van der Waals surface area contributed by atoms with Crippen LogP contribution in [0.3, 0.4) is 0 Å². The number of hydrogen-bond donors (Lipinski definition) is 0. The number of hydrogen-bond acceptors (Lipinski definition) is 6. The molecule has 1 aliphatic heterocycles. The van der Waals surface area contributed by atoms with Crippen LogP contribution in [0.5, 0.6) is 0 Å². The van der Waals surface area contributed by atoms with E-state index in [4.69, 9.17) is 25.8 Å². The zero-order valence-corrected chi connectivity index (χ0v) is 18.0. The highest BCUT2D eigenvalue weighted by Crippen LogP contribution is 2.72. The van der Waals surface area contributed by atoms with Gasteiger partial charge in [-0.1, -0.05) is 11.6 Å². The van der Waals surface area contributed by atoms with Gasteiger partial charge in [-0.3, -0.25) is 4.79 Å². The summed E-state index contributed by atoms with van der Waals surface area (Å²) in [5, 5.41) is 0.564. The molecule has 3 aliphatic rings. The van der Waals surface area contributed by atoms with E-state index in [1.54, 1.807) is 12.4 Å². The molecule has 2 aromatic heterocycles. The molecule has 2 saturated carbocycles. The molecule has 27 heavy (non-hydrogen) atoms. The van der Waals surface area contributed by atoms with E-state index < -0.39 is 11.2 Å². The van der Waals surface area contributed by atoms with Crippen LogP contribution in [-0.2, 0) is 19.0 Å². The SMILES string of the molecule is CCOC(=O)C12CC1[C@@H](n1cnc3c(Cl)cc(I)nc31)[C@@H]1OC(C)(C)O[C@@H]12. The predicted molar refractivity (Wildman–Crippen MR) is 105 cm³/mol. The van der Waals surface area contributed by atoms with Crippen LogP contribution in [0.1, 0.15) is 33.2 Å². The minimum atomic E-state index is -0.753. The highest BCUT2D eigenvalue weighted by Gasteiger charge is 2.80. The fourth-order valence-corrected chi connectivity index (χ4v) is 5.81. The van der Waals surface area contributed by atoms with Crippen molar-refractivity contribution < 1.29 is 19.0 Å². The van der Waals surface area contributed by atoms with E-state index in [0.29, 0.717) is 29.2 Å². The monoisotopic (exact) mass is 503 g/mol. The van der Waals surface area contributed by atoms with E-state index in [1.807, 2.05) is 25.3 Å². The van der Waals surface area contributed by atoms with Gasteiger partial charge in [0, 0.05) is 5.92 Å². The number of rotatable bonds is 3. The lowest BCUT2D eigenvalue weighted by atomic mass is 9.99. The Balaban J connectivity index is 1.63. The molecule has 0 radical (unpaired) electrons. The van der Waals surface area contributed by atoms with Crippen LogP contribution in [0.15, 0.2) is 12.4 Å². The molecule has 0 amide bonds. The third-order valence-corrected chi connectivity index (χ3v) is 6.71. The van der Waals surface area contributed by atoms with Crippen LogP contribution in [0.2, 0.25) is 5.02 Å². The van der Waals surface area contributed by atoms with E-state index in [-0.39, 0.29) is 30.1 Å². The molecule has 2 aliphatic carbocycles. The summed E-state index contributed by atoms with van der Waals surface area (Å²) in [6.07, 6.45) is 1.86. The molecular formula is C18H19ClIN3O4. The number of halogens is 2. The van der Waals surface area contributed by atoms with Crippen LogP contribution in [0, 0.1) is 15.0 Å². The van der Waals surface area contributed by atoms with Crippen LogP contribution >= 0.6 is 34.2 Å². The van der Waals surface area contributed by atoms with Crippen LogP contribution < -0.4 is 0 Å². The predicted octanol–water partition coefficient (Wildman–Crippen LogP) is 3.33. The summed E-state index contributed by atoms with van der Waals surface area (Å²) in [5.41, 5.74) is 0.707. The van der Waals surface area contributed by atoms with Gasteiger partial charge in [-0.05, 0) is 55.8 Å². The number of ether oxygens (including phenoxy) is 3. The fraction of sp³-hybridized carbons (Fsp3) is 0.611. The molecule has 0 bridgehead atoms. The van der Waals surface area contributed by atoms with E-state index >= 15 is 0 Å². The van der Waals surface area contributed by atoms with E-state index in [0.717, 1.165) is 3.70 Å². The lowest BCUT2D eigenvalue weighted by Crippen LogP contribution is -2.36. The van der Waals surface area contributed by atoms with Crippen molar-refractivity contribution in [3.05, 3.63) is 21.1 Å². The average molecular weight is 504 g/mol. The van der Waals surface area contributed by atoms with Crippen molar-refractivity contribution in [3.63, 3.8) is 0 Å². The first-order chi connectivity index (χ1) is 12.8. The van der Waals surface area contributed by atoms with E-state index in [2.05, 4.69) is 32.6 Å². The van der Waals surface area contributed by atoms with E-state index in [1.165, 1.54) is 0 Å². The van der Waals surface area contributed by atoms with Gasteiger partial charge < -0.3 is 18.8 Å². The van der Waals surface area contributed by atoms with Crippen LogP contribution in [-0.4, -0.2) is 45.1 Å². The molecule has 0 N–H and O–H groups in total. The first-order valence-electron chi connectivity index (χ1n) is 9.00. The Morgan fingerprint density at radius 1 is 1.48 bits per heavy atom. The molecular weight excluding hydrogens is 485 g/mol. The fourth-order valence-electron chi connectivity index (χ4n) is 4.85. The van der Waals surface area contributed by atoms with Crippen molar-refractivity contribution >= 4 is 51.3 Å². The summed E-state index contributed by atoms with van der Waals surface area (Å²) in [6, 6.07) is 1.69. The van der Waals surface area contributed by atoms with Gasteiger partial charge in [0.05, 0.1) is 24.0 Å². The summed E-state index contributed by atoms with van der Waals surface area (Å²) in [5.74, 6) is -0.881. The lowest BCUT2D eigenvalue weighted by Gasteiger charge is -2.24. The maximum absolute atomic E-state index is 12.8. The molecule has 0 aromatic carbocycles. The second-order valence-corrected chi connectivity index (χ2v) is 9.35. The lowest BCUT2D eigenvalue weighted by molar-refractivity contribution is -0.172. The third-order valence-electron chi connectivity index (χ3n) is 5.87. The maximum Gasteiger partial charge on any atom is 0.315 e. The van der Waals surface area contributed by atoms with E-state index in [9.17, 15) is 4.79 Å². The Kier molecular flexibility index (Phi) is 3.87. The Morgan fingerprint density at radius 2 is 2.26 bits per heavy atom. The standard InChI is InChI=1S/C18H19ClIN3O4/c1-4-25-16(24)18-6-8(18)12(13-14(18)27-17(2,3)26-13)23-7-21-11-9(19)5-10(20)22-15(11)23/h5,7-8,12-14H,4,6H2,1-3H3/t8?,12-,13+,14+,18?/m1/s1. The number of imidazole rings is 1. The van der Waals surface area contributed by atoms with Crippen LogP contribution in [0.25, 0.3) is 11.2 Å². The molecule has 2 aromatic rings. The van der Waals surface area contributed by atoms with Gasteiger partial charge in [0.15, 0.2) is 11.4 Å². The number of esters is 1. The third kappa shape index (κ3) is 2.42. The number of carbonyl (C=O) groups excluding carboxylic acids is 1. The minimum Gasteiger partial charge on any atom is -0.465 e. The second-order valence-electron chi connectivity index (χ2n) is 7.83. The Bertz CT molecular complexity index is 963. The molecule has 7 nitrogen and oxygen atoms in total. The van der Waals surface area contributed by atoms with Gasteiger partial charge in [-0.2, -0.15) is 0 Å². The van der Waals surface area contributed by atoms with Crippen molar-refractivity contribution in [2.75, 3.05) is 6.61 Å². The molecule has 3 fully saturated rings. The summed E-state index contributed by atoms with van der Waals surface area (Å²) in [4.78, 5) is 21.9. The molecule has 3 heterocycles. The summed E-state index contributed by atoms with van der Waals surface area (Å²) >= 11 is 8.49. The quantitative estimate of drug-likeness (QED) is 0.363. The van der Waals surface area contributed by atoms with Crippen molar-refractivity contribution in [1.29, 1.82) is 0 Å². The molecule has 9 heteroatoms. The van der Waals surface area contributed by atoms with Gasteiger partial charge in [-0.15, -0.1) is 0 Å². The van der Waals surface area contributed by atoms with Crippen molar-refractivity contribution in [3.8, 4) is 0 Å². The number of fused-ring (bicyclic) bond motifs is 4. The average Bonchev–Trinajstić information content (AvgIpc) is 2.90. The summed E-state index contributed by atoms with van der Waals surface area (Å²) < 4.78 is 20.6. The molecule has 1 saturated heterocycles. The first kappa shape index (κ1) is 18.1. The first-order valence-corrected chi connectivity index (χ1v) is 10.5. The normalized spacial score (nSPS) is 35.9. The Hall–Kier alpha value is -0.970. The largest absolute Gasteiger partial charge is 0.465 e. The zero-order chi connectivity index (χ0) is 19.1. The van der Waals surface area contributed by atoms with Crippen molar-refractivity contribution in [2.24, 2.45) is 11.3 Å². The van der Waals surface area contributed by atoms with Gasteiger partial charge in [0.1, 0.15) is 26.8 Å². The smallest absolute Gasteiger partial charge is 0.315 e. The molecule has 5 rings (SSSR count). The molecule has 5 atom stereocenters. The molecule has 144 valence electrons. The minimum absolute atomic E-state index is 0.0680. The maximum atomic E-state index is 12.8. The number of carbonyl (C=O) groups is 1. The Morgan fingerprint density at radius 3 is 3.00 bits per heavy atom. The Labute approximate surface area is 174 Å². The highest BCUT2D eigenvalue weighted by atomic mass is 127.